The number of alkyl halides is 3. The van der Waals surface area contributed by atoms with Crippen molar-refractivity contribution < 1.29 is 30.8 Å². The van der Waals surface area contributed by atoms with Crippen LogP contribution in [0.15, 0.2) is 45.4 Å². The molecule has 1 atom stereocenters. The number of nitrogens with zero attached hydrogens (tertiary/aromatic N) is 5. The largest absolute Gasteiger partial charge is 0.573 e. The normalized spacial score (nSPS) is 16.4. The molecule has 40 heavy (non-hydrogen) atoms. The molecule has 1 aliphatic heterocycles. The lowest BCUT2D eigenvalue weighted by molar-refractivity contribution is -0.274. The van der Waals surface area contributed by atoms with Crippen molar-refractivity contribution in [3.8, 4) is 16.4 Å². The van der Waals surface area contributed by atoms with Gasteiger partial charge in [-0.05, 0) is 45.0 Å². The van der Waals surface area contributed by atoms with E-state index < -0.39 is 22.1 Å². The Morgan fingerprint density at radius 3 is 2.55 bits per heavy atom. The fourth-order valence-corrected chi connectivity index (χ4v) is 7.47. The summed E-state index contributed by atoms with van der Waals surface area (Å²) >= 11 is 1.16. The van der Waals surface area contributed by atoms with Crippen LogP contribution in [0.25, 0.3) is 21.5 Å². The number of aromatic nitrogens is 3. The molecule has 1 unspecified atom stereocenters. The van der Waals surface area contributed by atoms with Gasteiger partial charge < -0.3 is 14.6 Å². The molecule has 4 aromatic rings. The molecule has 1 saturated heterocycles. The van der Waals surface area contributed by atoms with Crippen LogP contribution in [0.2, 0.25) is 0 Å². The van der Waals surface area contributed by atoms with Gasteiger partial charge in [-0.25, -0.2) is 18.4 Å². The van der Waals surface area contributed by atoms with E-state index in [1.807, 2.05) is 20.8 Å². The van der Waals surface area contributed by atoms with Gasteiger partial charge in [-0.1, -0.05) is 11.2 Å². The predicted molar refractivity (Wildman–Crippen MR) is 144 cm³/mol. The van der Waals surface area contributed by atoms with Gasteiger partial charge in [0.15, 0.2) is 11.5 Å². The first kappa shape index (κ1) is 28.3. The number of piperazine rings is 1. The number of ether oxygens (including phenoxy) is 1. The van der Waals surface area contributed by atoms with E-state index in [1.54, 1.807) is 18.2 Å². The van der Waals surface area contributed by atoms with E-state index in [1.165, 1.54) is 22.8 Å². The van der Waals surface area contributed by atoms with Crippen molar-refractivity contribution in [1.82, 2.24) is 24.3 Å². The molecule has 0 amide bonds. The van der Waals surface area contributed by atoms with E-state index >= 15 is 0 Å². The summed E-state index contributed by atoms with van der Waals surface area (Å²) in [6.45, 7) is 7.93. The summed E-state index contributed by atoms with van der Waals surface area (Å²) in [5.74, 6) is 0.567. The van der Waals surface area contributed by atoms with E-state index in [-0.39, 0.29) is 15.8 Å². The zero-order chi connectivity index (χ0) is 28.7. The zero-order valence-corrected chi connectivity index (χ0v) is 23.5. The van der Waals surface area contributed by atoms with Crippen molar-refractivity contribution in [3.05, 3.63) is 47.9 Å². The van der Waals surface area contributed by atoms with Gasteiger partial charge in [0, 0.05) is 49.7 Å². The second kappa shape index (κ2) is 11.0. The molecule has 1 aliphatic rings. The summed E-state index contributed by atoms with van der Waals surface area (Å²) in [5.41, 5.74) is 1.70. The van der Waals surface area contributed by atoms with Crippen molar-refractivity contribution in [2.24, 2.45) is 0 Å². The predicted octanol–water partition coefficient (Wildman–Crippen LogP) is 4.67. The van der Waals surface area contributed by atoms with Crippen LogP contribution in [0.1, 0.15) is 18.2 Å². The Morgan fingerprint density at radius 2 is 1.88 bits per heavy atom. The Hall–Kier alpha value is -3.27. The quantitative estimate of drug-likeness (QED) is 0.310. The van der Waals surface area contributed by atoms with Crippen LogP contribution in [0.3, 0.4) is 0 Å². The molecule has 10 nitrogen and oxygen atoms in total. The number of sulfonamides is 1. The maximum absolute atomic E-state index is 13.3. The molecular formula is C25H27F3N6O4S2. The molecule has 15 heteroatoms. The van der Waals surface area contributed by atoms with Crippen LogP contribution in [0.5, 0.6) is 5.75 Å². The molecule has 1 fully saturated rings. The number of halogens is 3. The minimum atomic E-state index is -4.84. The SMILES string of the molecule is Cc1noc(-c2ccc(S(=O)(=O)N3CCN(CC(C)Nc4ncnc5c(OC(F)(F)F)cccc45)CC3)s2)c1C. The number of aryl methyl sites for hydroxylation is 1. The number of hydrogen-bond acceptors (Lipinski definition) is 10. The molecule has 0 saturated carbocycles. The summed E-state index contributed by atoms with van der Waals surface area (Å²) < 4.78 is 76.2. The summed E-state index contributed by atoms with van der Waals surface area (Å²) in [7, 11) is -3.66. The van der Waals surface area contributed by atoms with E-state index in [0.717, 1.165) is 22.6 Å². The Kier molecular flexibility index (Phi) is 7.74. The lowest BCUT2D eigenvalue weighted by Gasteiger charge is -2.35. The number of hydrogen-bond donors (Lipinski definition) is 1. The molecule has 0 aliphatic carbocycles. The molecule has 5 rings (SSSR count). The number of rotatable bonds is 8. The van der Waals surface area contributed by atoms with Crippen molar-refractivity contribution in [3.63, 3.8) is 0 Å². The highest BCUT2D eigenvalue weighted by atomic mass is 32.2. The van der Waals surface area contributed by atoms with E-state index in [9.17, 15) is 21.6 Å². The summed E-state index contributed by atoms with van der Waals surface area (Å²) in [6.07, 6.45) is -3.65. The average molecular weight is 597 g/mol. The minimum Gasteiger partial charge on any atom is -0.403 e. The van der Waals surface area contributed by atoms with Crippen LogP contribution in [-0.4, -0.2) is 77.9 Å². The molecule has 1 N–H and O–H groups in total. The third-order valence-electron chi connectivity index (χ3n) is 6.66. The Morgan fingerprint density at radius 1 is 1.12 bits per heavy atom. The number of thiophene rings is 1. The standard InChI is InChI=1S/C25H27F3N6O4S2/c1-15(31-24-18-5-4-6-19(37-25(26,27)28)22(18)29-14-30-24)13-33-9-11-34(12-10-33)40(35,36)21-8-7-20(39-21)23-16(2)17(3)32-38-23/h4-8,14-15H,9-13H2,1-3H3,(H,29,30,31). The first-order valence-corrected chi connectivity index (χ1v) is 14.7. The van der Waals surface area contributed by atoms with Crippen LogP contribution in [0, 0.1) is 13.8 Å². The summed E-state index contributed by atoms with van der Waals surface area (Å²) in [5, 5.41) is 7.59. The van der Waals surface area contributed by atoms with Gasteiger partial charge in [-0.15, -0.1) is 24.5 Å². The van der Waals surface area contributed by atoms with Gasteiger partial charge in [-0.3, -0.25) is 4.90 Å². The van der Waals surface area contributed by atoms with Crippen molar-refractivity contribution >= 4 is 38.1 Å². The number of benzene rings is 1. The third kappa shape index (κ3) is 5.92. The molecule has 4 heterocycles. The third-order valence-corrected chi connectivity index (χ3v) is 10.1. The maximum Gasteiger partial charge on any atom is 0.573 e. The highest BCUT2D eigenvalue weighted by Crippen LogP contribution is 2.35. The topological polar surface area (TPSA) is 114 Å². The lowest BCUT2D eigenvalue weighted by Crippen LogP contribution is -2.50. The molecular weight excluding hydrogens is 569 g/mol. The molecule has 1 aromatic carbocycles. The van der Waals surface area contributed by atoms with Crippen molar-refractivity contribution in [2.75, 3.05) is 38.0 Å². The number of fused-ring (bicyclic) bond motifs is 1. The number of anilines is 1. The van der Waals surface area contributed by atoms with E-state index in [4.69, 9.17) is 4.52 Å². The van der Waals surface area contributed by atoms with Crippen LogP contribution >= 0.6 is 11.3 Å². The van der Waals surface area contributed by atoms with Gasteiger partial charge in [0.05, 0.1) is 10.6 Å². The fraction of sp³-hybridized carbons (Fsp3) is 0.400. The van der Waals surface area contributed by atoms with E-state index in [2.05, 4.69) is 30.1 Å². The molecule has 0 radical (unpaired) electrons. The minimum absolute atomic E-state index is 0.0497. The number of nitrogens with one attached hydrogen (secondary N) is 1. The first-order valence-electron chi connectivity index (χ1n) is 12.4. The number of para-hydroxylation sites is 1. The van der Waals surface area contributed by atoms with Gasteiger partial charge >= 0.3 is 6.36 Å². The molecule has 3 aromatic heterocycles. The Labute approximate surface area is 232 Å². The molecule has 0 spiro atoms. The van der Waals surface area contributed by atoms with Gasteiger partial charge in [0.1, 0.15) is 21.9 Å². The maximum atomic E-state index is 13.3. The van der Waals surface area contributed by atoms with Gasteiger partial charge in [0.25, 0.3) is 10.0 Å². The van der Waals surface area contributed by atoms with Crippen LogP contribution in [-0.2, 0) is 10.0 Å². The Bertz CT molecular complexity index is 1610. The van der Waals surface area contributed by atoms with Crippen molar-refractivity contribution in [2.45, 2.75) is 37.4 Å². The fourth-order valence-electron chi connectivity index (χ4n) is 4.55. The second-order valence-corrected chi connectivity index (χ2v) is 12.8. The highest BCUT2D eigenvalue weighted by Gasteiger charge is 2.33. The first-order chi connectivity index (χ1) is 18.9. The molecule has 0 bridgehead atoms. The van der Waals surface area contributed by atoms with Crippen LogP contribution < -0.4 is 10.1 Å². The smallest absolute Gasteiger partial charge is 0.403 e. The monoisotopic (exact) mass is 596 g/mol. The zero-order valence-electron chi connectivity index (χ0n) is 21.9. The van der Waals surface area contributed by atoms with Gasteiger partial charge in [-0.2, -0.15) is 4.31 Å². The second-order valence-electron chi connectivity index (χ2n) is 9.51. The van der Waals surface area contributed by atoms with E-state index in [0.29, 0.717) is 54.6 Å². The summed E-state index contributed by atoms with van der Waals surface area (Å²) in [4.78, 5) is 11.0. The van der Waals surface area contributed by atoms with Crippen molar-refractivity contribution in [1.29, 1.82) is 0 Å². The van der Waals surface area contributed by atoms with Crippen LogP contribution in [0.4, 0.5) is 19.0 Å². The summed E-state index contributed by atoms with van der Waals surface area (Å²) in [6, 6.07) is 7.48. The lowest BCUT2D eigenvalue weighted by atomic mass is 10.2. The van der Waals surface area contributed by atoms with Gasteiger partial charge in [0.2, 0.25) is 0 Å². The highest BCUT2D eigenvalue weighted by molar-refractivity contribution is 7.91. The molecule has 214 valence electrons. The Balaban J connectivity index is 1.20. The average Bonchev–Trinajstić information content (AvgIpc) is 3.51.